The molecule has 1 atom stereocenters. The minimum atomic E-state index is -0.0602. The number of allylic oxidation sites excluding steroid dienone is 4. The summed E-state index contributed by atoms with van der Waals surface area (Å²) in [5.41, 5.74) is 0.887. The highest BCUT2D eigenvalue weighted by atomic mass is 32.2. The van der Waals surface area contributed by atoms with Crippen LogP contribution in [0.2, 0.25) is 0 Å². The summed E-state index contributed by atoms with van der Waals surface area (Å²) in [6, 6.07) is 0. The van der Waals surface area contributed by atoms with Crippen LogP contribution in [-0.4, -0.2) is 10.8 Å². The van der Waals surface area contributed by atoms with Crippen molar-refractivity contribution in [3.05, 3.63) is 24.3 Å². The normalized spacial score (nSPS) is 28.6. The molecule has 1 unspecified atom stereocenters. The molecule has 1 aliphatic heterocycles. The largest absolute Gasteiger partial charge is 0.284 e. The van der Waals surface area contributed by atoms with Gasteiger partial charge in [-0.15, -0.1) is 0 Å². The molecule has 2 aliphatic rings. The Morgan fingerprint density at radius 3 is 3.20 bits per heavy atom. The monoisotopic (exact) mass is 151 g/mol. The van der Waals surface area contributed by atoms with Crippen molar-refractivity contribution in [2.24, 2.45) is 10.3 Å². The van der Waals surface area contributed by atoms with Crippen LogP contribution in [0.4, 0.5) is 0 Å². The van der Waals surface area contributed by atoms with Gasteiger partial charge in [0.2, 0.25) is 5.12 Å². The van der Waals surface area contributed by atoms with Gasteiger partial charge in [0.05, 0.1) is 23.6 Å². The van der Waals surface area contributed by atoms with Crippen molar-refractivity contribution < 1.29 is 4.79 Å². The van der Waals surface area contributed by atoms with Crippen molar-refractivity contribution >= 4 is 22.8 Å². The van der Waals surface area contributed by atoms with Crippen molar-refractivity contribution in [3.8, 4) is 0 Å². The standard InChI is InChI=1S/C7H5NOS/c9-7-5-3-1-2-4-6(5)8-10-7/h1-5H. The number of carbonyl (C=O) groups is 1. The predicted octanol–water partition coefficient (Wildman–Crippen LogP) is 1.36. The number of hydrogen-bond donors (Lipinski definition) is 0. The van der Waals surface area contributed by atoms with Crippen LogP contribution in [0.3, 0.4) is 0 Å². The van der Waals surface area contributed by atoms with Crippen LogP contribution in [0.1, 0.15) is 0 Å². The van der Waals surface area contributed by atoms with Gasteiger partial charge in [-0.25, -0.2) is 4.40 Å². The maximum atomic E-state index is 11.0. The molecule has 0 saturated carbocycles. The van der Waals surface area contributed by atoms with Gasteiger partial charge < -0.3 is 0 Å². The Morgan fingerprint density at radius 2 is 2.40 bits per heavy atom. The molecule has 10 heavy (non-hydrogen) atoms. The van der Waals surface area contributed by atoms with Gasteiger partial charge in [0.15, 0.2) is 0 Å². The SMILES string of the molecule is O=C1SN=C2C=CC=CC12. The lowest BCUT2D eigenvalue weighted by atomic mass is 10.0. The van der Waals surface area contributed by atoms with Crippen LogP contribution in [-0.2, 0) is 4.79 Å². The smallest absolute Gasteiger partial charge is 0.223 e. The van der Waals surface area contributed by atoms with Crippen LogP contribution in [0.15, 0.2) is 28.7 Å². The van der Waals surface area contributed by atoms with Crippen molar-refractivity contribution in [2.45, 2.75) is 0 Å². The molecule has 0 aromatic rings. The fourth-order valence-corrected chi connectivity index (χ4v) is 1.66. The highest BCUT2D eigenvalue weighted by molar-refractivity contribution is 8.13. The van der Waals surface area contributed by atoms with Crippen LogP contribution in [0, 0.1) is 5.92 Å². The number of rotatable bonds is 0. The number of nitrogens with zero attached hydrogens (tertiary/aromatic N) is 1. The molecule has 0 radical (unpaired) electrons. The van der Waals surface area contributed by atoms with E-state index in [0.717, 1.165) is 17.7 Å². The Morgan fingerprint density at radius 1 is 1.50 bits per heavy atom. The Bertz CT molecular complexity index is 265. The third kappa shape index (κ3) is 0.743. The quantitative estimate of drug-likeness (QED) is 0.489. The Hall–Kier alpha value is -0.830. The highest BCUT2D eigenvalue weighted by Gasteiger charge is 2.27. The summed E-state index contributed by atoms with van der Waals surface area (Å²) < 4.78 is 3.98. The van der Waals surface area contributed by atoms with Gasteiger partial charge in [-0.3, -0.25) is 4.79 Å². The molecule has 0 spiro atoms. The molecule has 0 bridgehead atoms. The van der Waals surface area contributed by atoms with Gasteiger partial charge in [0.1, 0.15) is 0 Å². The summed E-state index contributed by atoms with van der Waals surface area (Å²) in [6.07, 6.45) is 7.53. The lowest BCUT2D eigenvalue weighted by Gasteiger charge is -2.02. The van der Waals surface area contributed by atoms with E-state index < -0.39 is 0 Å². The highest BCUT2D eigenvalue weighted by Crippen LogP contribution is 2.26. The molecular weight excluding hydrogens is 146 g/mol. The topological polar surface area (TPSA) is 29.4 Å². The van der Waals surface area contributed by atoms with Crippen molar-refractivity contribution in [2.75, 3.05) is 0 Å². The molecule has 0 aromatic heterocycles. The van der Waals surface area contributed by atoms with Crippen LogP contribution >= 0.6 is 11.9 Å². The summed E-state index contributed by atoms with van der Waals surface area (Å²) in [5, 5.41) is 0.135. The van der Waals surface area contributed by atoms with Gasteiger partial charge in [0.25, 0.3) is 0 Å². The Kier molecular flexibility index (Phi) is 1.24. The average Bonchev–Trinajstić information content (AvgIpc) is 2.34. The molecule has 1 heterocycles. The van der Waals surface area contributed by atoms with E-state index in [4.69, 9.17) is 0 Å². The lowest BCUT2D eigenvalue weighted by Crippen LogP contribution is -2.13. The van der Waals surface area contributed by atoms with Crippen molar-refractivity contribution in [1.29, 1.82) is 0 Å². The average molecular weight is 151 g/mol. The van der Waals surface area contributed by atoms with E-state index in [0.29, 0.717) is 0 Å². The van der Waals surface area contributed by atoms with Gasteiger partial charge in [-0.1, -0.05) is 18.2 Å². The minimum absolute atomic E-state index is 0.0602. The molecule has 2 nitrogen and oxygen atoms in total. The van der Waals surface area contributed by atoms with E-state index >= 15 is 0 Å². The first-order valence-electron chi connectivity index (χ1n) is 3.01. The zero-order chi connectivity index (χ0) is 6.97. The third-order valence-corrected chi connectivity index (χ3v) is 2.23. The van der Waals surface area contributed by atoms with Gasteiger partial charge in [-0.2, -0.15) is 0 Å². The Labute approximate surface area is 62.9 Å². The van der Waals surface area contributed by atoms with Crippen LogP contribution in [0.5, 0.6) is 0 Å². The maximum absolute atomic E-state index is 11.0. The van der Waals surface area contributed by atoms with E-state index in [1.54, 1.807) is 0 Å². The van der Waals surface area contributed by atoms with E-state index in [1.165, 1.54) is 0 Å². The summed E-state index contributed by atoms with van der Waals surface area (Å²) in [4.78, 5) is 11.0. The summed E-state index contributed by atoms with van der Waals surface area (Å²) >= 11 is 1.05. The number of carbonyl (C=O) groups excluding carboxylic acids is 1. The first-order valence-corrected chi connectivity index (χ1v) is 3.79. The minimum Gasteiger partial charge on any atom is -0.284 e. The molecule has 0 amide bonds. The zero-order valence-electron chi connectivity index (χ0n) is 5.15. The fraction of sp³-hybridized carbons (Fsp3) is 0.143. The second-order valence-electron chi connectivity index (χ2n) is 2.15. The molecule has 0 N–H and O–H groups in total. The first kappa shape index (κ1) is 5.92. The zero-order valence-corrected chi connectivity index (χ0v) is 5.97. The van der Waals surface area contributed by atoms with Gasteiger partial charge in [-0.05, 0) is 6.08 Å². The molecule has 1 aliphatic carbocycles. The molecule has 3 heteroatoms. The van der Waals surface area contributed by atoms with Gasteiger partial charge in [0, 0.05) is 0 Å². The third-order valence-electron chi connectivity index (χ3n) is 1.50. The number of fused-ring (bicyclic) bond motifs is 1. The fourth-order valence-electron chi connectivity index (χ4n) is 0.973. The van der Waals surface area contributed by atoms with Gasteiger partial charge >= 0.3 is 0 Å². The lowest BCUT2D eigenvalue weighted by molar-refractivity contribution is -0.111. The predicted molar refractivity (Wildman–Crippen MR) is 41.8 cm³/mol. The first-order chi connectivity index (χ1) is 4.88. The molecule has 0 fully saturated rings. The van der Waals surface area contributed by atoms with E-state index in [2.05, 4.69) is 4.40 Å². The Balaban J connectivity index is 2.39. The van der Waals surface area contributed by atoms with E-state index in [-0.39, 0.29) is 11.0 Å². The van der Waals surface area contributed by atoms with Crippen LogP contribution < -0.4 is 0 Å². The van der Waals surface area contributed by atoms with Crippen LogP contribution in [0.25, 0.3) is 0 Å². The molecule has 50 valence electrons. The molecule has 2 rings (SSSR count). The summed E-state index contributed by atoms with van der Waals surface area (Å²) in [7, 11) is 0. The second kappa shape index (κ2) is 2.09. The van der Waals surface area contributed by atoms with Crippen molar-refractivity contribution in [1.82, 2.24) is 0 Å². The molecular formula is C7H5NOS. The molecule has 0 aromatic carbocycles. The second-order valence-corrected chi connectivity index (χ2v) is 2.92. The summed E-state index contributed by atoms with van der Waals surface area (Å²) in [5.74, 6) is -0.0602. The summed E-state index contributed by atoms with van der Waals surface area (Å²) in [6.45, 7) is 0. The molecule has 0 saturated heterocycles. The van der Waals surface area contributed by atoms with Crippen molar-refractivity contribution in [3.63, 3.8) is 0 Å². The van der Waals surface area contributed by atoms with E-state index in [1.807, 2.05) is 24.3 Å². The maximum Gasteiger partial charge on any atom is 0.223 e. The van der Waals surface area contributed by atoms with E-state index in [9.17, 15) is 4.79 Å². The number of hydrogen-bond acceptors (Lipinski definition) is 3.